The third-order valence-electron chi connectivity index (χ3n) is 3.96. The van der Waals surface area contributed by atoms with Crippen LogP contribution in [0, 0.1) is 0 Å². The Morgan fingerprint density at radius 3 is 2.64 bits per heavy atom. The van der Waals surface area contributed by atoms with Crippen molar-refractivity contribution in [3.05, 3.63) is 34.7 Å². The lowest BCUT2D eigenvalue weighted by molar-refractivity contribution is -0.143. The largest absolute Gasteiger partial charge is 0.468 e. The molecule has 1 amide bonds. The molecule has 0 saturated carbocycles. The van der Waals surface area contributed by atoms with Gasteiger partial charge in [-0.05, 0) is 23.8 Å². The number of thiocarbonyl (C=S) groups is 1. The summed E-state index contributed by atoms with van der Waals surface area (Å²) in [6.45, 7) is 3.08. The normalized spacial score (nSPS) is 19.6. The molecular formula is C17H18N2O4S2. The van der Waals surface area contributed by atoms with Crippen molar-refractivity contribution in [1.29, 1.82) is 0 Å². The second-order valence-corrected chi connectivity index (χ2v) is 7.21. The number of ether oxygens (including phenoxy) is 2. The van der Waals surface area contributed by atoms with Crippen LogP contribution in [0.25, 0.3) is 6.08 Å². The molecule has 25 heavy (non-hydrogen) atoms. The van der Waals surface area contributed by atoms with Crippen LogP contribution in [0.4, 0.5) is 5.69 Å². The molecule has 0 bridgehead atoms. The zero-order valence-corrected chi connectivity index (χ0v) is 15.4. The van der Waals surface area contributed by atoms with Gasteiger partial charge in [-0.2, -0.15) is 0 Å². The first kappa shape index (κ1) is 17.9. The van der Waals surface area contributed by atoms with Gasteiger partial charge in [0.05, 0.1) is 25.2 Å². The Morgan fingerprint density at radius 1 is 1.32 bits per heavy atom. The van der Waals surface area contributed by atoms with E-state index in [2.05, 4.69) is 9.64 Å². The number of esters is 1. The van der Waals surface area contributed by atoms with Gasteiger partial charge in [-0.25, -0.2) is 0 Å². The van der Waals surface area contributed by atoms with Crippen LogP contribution in [0.5, 0.6) is 0 Å². The summed E-state index contributed by atoms with van der Waals surface area (Å²) in [5.74, 6) is -0.759. The minimum atomic E-state index is -0.493. The number of methoxy groups -OCH3 is 1. The Hall–Kier alpha value is -1.90. The molecule has 0 spiro atoms. The number of carbonyl (C=O) groups excluding carboxylic acids is 2. The number of rotatable bonds is 4. The summed E-state index contributed by atoms with van der Waals surface area (Å²) in [5.41, 5.74) is 2.05. The van der Waals surface area contributed by atoms with Crippen molar-refractivity contribution in [2.45, 2.75) is 0 Å². The number of nitrogens with zero attached hydrogens (tertiary/aromatic N) is 2. The average molecular weight is 378 g/mol. The molecule has 8 heteroatoms. The standard InChI is InChI=1S/C17H18N2O4S2/c1-22-15(20)11-19-16(21)14(25-17(19)24)10-12-2-4-13(5-3-12)18-6-8-23-9-7-18/h2-5,10H,6-9,11H2,1H3/b14-10-. The van der Waals surface area contributed by atoms with Crippen molar-refractivity contribution in [2.75, 3.05) is 44.9 Å². The fourth-order valence-corrected chi connectivity index (χ4v) is 3.84. The molecule has 6 nitrogen and oxygen atoms in total. The predicted octanol–water partition coefficient (Wildman–Crippen LogP) is 1.90. The van der Waals surface area contributed by atoms with Crippen LogP contribution in [0.3, 0.4) is 0 Å². The van der Waals surface area contributed by atoms with Gasteiger partial charge >= 0.3 is 5.97 Å². The van der Waals surface area contributed by atoms with E-state index in [-0.39, 0.29) is 12.5 Å². The van der Waals surface area contributed by atoms with Gasteiger partial charge in [0.25, 0.3) is 5.91 Å². The lowest BCUT2D eigenvalue weighted by Gasteiger charge is -2.28. The van der Waals surface area contributed by atoms with Gasteiger partial charge < -0.3 is 14.4 Å². The van der Waals surface area contributed by atoms with Crippen molar-refractivity contribution < 1.29 is 19.1 Å². The number of carbonyl (C=O) groups is 2. The molecule has 2 saturated heterocycles. The third-order valence-corrected chi connectivity index (χ3v) is 5.33. The molecule has 3 rings (SSSR count). The molecule has 0 unspecified atom stereocenters. The molecule has 2 fully saturated rings. The summed E-state index contributed by atoms with van der Waals surface area (Å²) in [6, 6.07) is 8.01. The second-order valence-electron chi connectivity index (χ2n) is 5.53. The highest BCUT2D eigenvalue weighted by Crippen LogP contribution is 2.32. The number of anilines is 1. The van der Waals surface area contributed by atoms with Crippen LogP contribution in [0.2, 0.25) is 0 Å². The van der Waals surface area contributed by atoms with Crippen LogP contribution in [0.1, 0.15) is 5.56 Å². The van der Waals surface area contributed by atoms with Crippen LogP contribution in [0.15, 0.2) is 29.2 Å². The minimum absolute atomic E-state index is 0.158. The van der Waals surface area contributed by atoms with E-state index in [1.165, 1.54) is 23.8 Å². The van der Waals surface area contributed by atoms with E-state index in [1.54, 1.807) is 6.08 Å². The summed E-state index contributed by atoms with van der Waals surface area (Å²) in [7, 11) is 1.28. The Kier molecular flexibility index (Phi) is 5.72. The minimum Gasteiger partial charge on any atom is -0.468 e. The van der Waals surface area contributed by atoms with Crippen molar-refractivity contribution in [3.8, 4) is 0 Å². The van der Waals surface area contributed by atoms with E-state index in [9.17, 15) is 9.59 Å². The zero-order chi connectivity index (χ0) is 17.8. The van der Waals surface area contributed by atoms with Crippen molar-refractivity contribution in [1.82, 2.24) is 4.90 Å². The first-order valence-corrected chi connectivity index (χ1v) is 9.06. The molecular weight excluding hydrogens is 360 g/mol. The molecule has 0 radical (unpaired) electrons. The van der Waals surface area contributed by atoms with Crippen molar-refractivity contribution >= 4 is 51.9 Å². The highest BCUT2D eigenvalue weighted by atomic mass is 32.2. The first-order chi connectivity index (χ1) is 12.1. The van der Waals surface area contributed by atoms with E-state index in [0.717, 1.165) is 37.6 Å². The number of thioether (sulfide) groups is 1. The maximum atomic E-state index is 12.4. The van der Waals surface area contributed by atoms with Gasteiger partial charge in [0, 0.05) is 18.8 Å². The van der Waals surface area contributed by atoms with Gasteiger partial charge in [0.15, 0.2) is 0 Å². The first-order valence-electron chi connectivity index (χ1n) is 7.83. The van der Waals surface area contributed by atoms with Gasteiger partial charge in [0.1, 0.15) is 10.9 Å². The second kappa shape index (κ2) is 7.99. The number of hydrogen-bond acceptors (Lipinski definition) is 7. The Morgan fingerprint density at radius 2 is 2.00 bits per heavy atom. The fraction of sp³-hybridized carbons (Fsp3) is 0.353. The van der Waals surface area contributed by atoms with E-state index in [0.29, 0.717) is 9.23 Å². The van der Waals surface area contributed by atoms with E-state index >= 15 is 0 Å². The molecule has 2 aliphatic rings. The molecule has 1 aromatic rings. The molecule has 2 aliphatic heterocycles. The van der Waals surface area contributed by atoms with Gasteiger partial charge in [-0.1, -0.05) is 36.1 Å². The Bertz CT molecular complexity index is 712. The predicted molar refractivity (Wildman–Crippen MR) is 101 cm³/mol. The third kappa shape index (κ3) is 4.20. The van der Waals surface area contributed by atoms with Crippen LogP contribution in [-0.4, -0.2) is 61.1 Å². The summed E-state index contributed by atoms with van der Waals surface area (Å²) in [4.78, 5) is 27.8. The lowest BCUT2D eigenvalue weighted by Crippen LogP contribution is -2.36. The number of morpholine rings is 1. The summed E-state index contributed by atoms with van der Waals surface area (Å²) >= 11 is 6.38. The molecule has 132 valence electrons. The number of amides is 1. The summed E-state index contributed by atoms with van der Waals surface area (Å²) in [6.07, 6.45) is 1.79. The highest BCUT2D eigenvalue weighted by Gasteiger charge is 2.33. The highest BCUT2D eigenvalue weighted by molar-refractivity contribution is 8.26. The molecule has 1 aromatic carbocycles. The Balaban J connectivity index is 1.71. The molecule has 2 heterocycles. The lowest BCUT2D eigenvalue weighted by atomic mass is 10.1. The topological polar surface area (TPSA) is 59.1 Å². The quantitative estimate of drug-likeness (QED) is 0.450. The fourth-order valence-electron chi connectivity index (χ4n) is 2.58. The smallest absolute Gasteiger partial charge is 0.325 e. The van der Waals surface area contributed by atoms with Crippen molar-refractivity contribution in [2.24, 2.45) is 0 Å². The van der Waals surface area contributed by atoms with E-state index < -0.39 is 5.97 Å². The SMILES string of the molecule is COC(=O)CN1C(=O)/C(=C/c2ccc(N3CCOCC3)cc2)SC1=S. The van der Waals surface area contributed by atoms with Gasteiger partial charge in [-0.15, -0.1) is 0 Å². The summed E-state index contributed by atoms with van der Waals surface area (Å²) in [5, 5.41) is 0. The number of benzene rings is 1. The van der Waals surface area contributed by atoms with Crippen LogP contribution < -0.4 is 4.90 Å². The average Bonchev–Trinajstić information content (AvgIpc) is 2.90. The summed E-state index contributed by atoms with van der Waals surface area (Å²) < 4.78 is 10.3. The van der Waals surface area contributed by atoms with Gasteiger partial charge in [0.2, 0.25) is 0 Å². The van der Waals surface area contributed by atoms with Gasteiger partial charge in [-0.3, -0.25) is 14.5 Å². The zero-order valence-electron chi connectivity index (χ0n) is 13.8. The molecule has 0 aliphatic carbocycles. The van der Waals surface area contributed by atoms with Crippen LogP contribution >= 0.6 is 24.0 Å². The molecule has 0 atom stereocenters. The van der Waals surface area contributed by atoms with Crippen LogP contribution in [-0.2, 0) is 19.1 Å². The molecule has 0 aromatic heterocycles. The number of hydrogen-bond donors (Lipinski definition) is 0. The van der Waals surface area contributed by atoms with Crippen molar-refractivity contribution in [3.63, 3.8) is 0 Å². The monoisotopic (exact) mass is 378 g/mol. The maximum absolute atomic E-state index is 12.4. The van der Waals surface area contributed by atoms with E-state index in [1.807, 2.05) is 24.3 Å². The van der Waals surface area contributed by atoms with E-state index in [4.69, 9.17) is 17.0 Å². The Labute approximate surface area is 155 Å². The maximum Gasteiger partial charge on any atom is 0.325 e. The molecule has 0 N–H and O–H groups in total.